The topological polar surface area (TPSA) is 70.8 Å². The molecule has 108 valence electrons. The molecule has 0 radical (unpaired) electrons. The van der Waals surface area contributed by atoms with E-state index in [9.17, 15) is 0 Å². The van der Waals surface area contributed by atoms with E-state index in [1.165, 1.54) is 11.3 Å². The number of aromatic amines is 1. The Morgan fingerprint density at radius 2 is 2.15 bits per heavy atom. The van der Waals surface area contributed by atoms with Crippen LogP contribution in [0, 0.1) is 13.8 Å². The van der Waals surface area contributed by atoms with Crippen LogP contribution in [0.15, 0.2) is 18.3 Å². The van der Waals surface area contributed by atoms with Crippen molar-refractivity contribution in [1.82, 2.24) is 20.1 Å². The van der Waals surface area contributed by atoms with Gasteiger partial charge in [-0.2, -0.15) is 5.10 Å². The number of nitrogens with two attached hydrogens (primary N) is 1. The van der Waals surface area contributed by atoms with Gasteiger partial charge in [-0.15, -0.1) is 0 Å². The minimum Gasteiger partial charge on any atom is -0.383 e. The number of nitrogens with zero attached hydrogens (tertiary/aromatic N) is 3. The van der Waals surface area contributed by atoms with Crippen LogP contribution in [0.5, 0.6) is 0 Å². The molecule has 20 heavy (non-hydrogen) atoms. The van der Waals surface area contributed by atoms with E-state index in [1.54, 1.807) is 6.20 Å². The van der Waals surface area contributed by atoms with Crippen LogP contribution in [0.1, 0.15) is 28.9 Å². The molecule has 0 fully saturated rings. The van der Waals surface area contributed by atoms with Gasteiger partial charge in [-0.25, -0.2) is 4.98 Å². The molecule has 2 heterocycles. The number of aromatic nitrogens is 3. The predicted molar refractivity (Wildman–Crippen MR) is 81.4 cm³/mol. The molecule has 5 heteroatoms. The van der Waals surface area contributed by atoms with E-state index >= 15 is 0 Å². The molecule has 0 bridgehead atoms. The van der Waals surface area contributed by atoms with E-state index in [4.69, 9.17) is 5.73 Å². The Morgan fingerprint density at radius 3 is 2.80 bits per heavy atom. The third-order valence-electron chi connectivity index (χ3n) is 3.61. The number of rotatable bonds is 6. The van der Waals surface area contributed by atoms with Gasteiger partial charge in [-0.1, -0.05) is 6.07 Å². The average molecular weight is 273 g/mol. The number of nitrogens with one attached hydrogen (secondary N) is 1. The summed E-state index contributed by atoms with van der Waals surface area (Å²) < 4.78 is 0. The Balaban J connectivity index is 1.81. The minimum atomic E-state index is 0.626. The van der Waals surface area contributed by atoms with Crippen molar-refractivity contribution in [1.29, 1.82) is 0 Å². The van der Waals surface area contributed by atoms with Gasteiger partial charge in [0.25, 0.3) is 0 Å². The standard InChI is InChI=1S/C15H23N5/c1-11-14(12(2)19-18-11)7-5-9-20(3)10-13-6-4-8-17-15(13)16/h4,6,8H,5,7,9-10H2,1-3H3,(H2,16,17)(H,18,19). The number of hydrogen-bond donors (Lipinski definition) is 2. The van der Waals surface area contributed by atoms with E-state index in [-0.39, 0.29) is 0 Å². The quantitative estimate of drug-likeness (QED) is 0.845. The lowest BCUT2D eigenvalue weighted by Gasteiger charge is -2.17. The van der Waals surface area contributed by atoms with E-state index in [1.807, 2.05) is 12.1 Å². The molecular weight excluding hydrogens is 250 g/mol. The van der Waals surface area contributed by atoms with Crippen LogP contribution >= 0.6 is 0 Å². The highest BCUT2D eigenvalue weighted by atomic mass is 15.1. The van der Waals surface area contributed by atoms with Crippen LogP contribution in [0.3, 0.4) is 0 Å². The van der Waals surface area contributed by atoms with Crippen LogP contribution in [-0.2, 0) is 13.0 Å². The van der Waals surface area contributed by atoms with Gasteiger partial charge < -0.3 is 10.6 Å². The Kier molecular flexibility index (Phi) is 4.74. The zero-order valence-corrected chi connectivity index (χ0v) is 12.5. The van der Waals surface area contributed by atoms with Crippen LogP contribution < -0.4 is 5.73 Å². The second kappa shape index (κ2) is 6.52. The molecule has 2 rings (SSSR count). The van der Waals surface area contributed by atoms with Gasteiger partial charge in [0.05, 0.1) is 5.69 Å². The van der Waals surface area contributed by atoms with Crippen molar-refractivity contribution in [2.75, 3.05) is 19.3 Å². The first-order valence-electron chi connectivity index (χ1n) is 6.96. The third-order valence-corrected chi connectivity index (χ3v) is 3.61. The SMILES string of the molecule is Cc1n[nH]c(C)c1CCCN(C)Cc1cccnc1N. The molecule has 2 aromatic rings. The van der Waals surface area contributed by atoms with Crippen molar-refractivity contribution in [2.24, 2.45) is 0 Å². The van der Waals surface area contributed by atoms with Crippen molar-refractivity contribution in [2.45, 2.75) is 33.2 Å². The zero-order valence-electron chi connectivity index (χ0n) is 12.5. The maximum Gasteiger partial charge on any atom is 0.127 e. The Morgan fingerprint density at radius 1 is 1.35 bits per heavy atom. The summed E-state index contributed by atoms with van der Waals surface area (Å²) in [6, 6.07) is 3.96. The van der Waals surface area contributed by atoms with Crippen molar-refractivity contribution in [3.8, 4) is 0 Å². The van der Waals surface area contributed by atoms with Crippen molar-refractivity contribution < 1.29 is 0 Å². The molecule has 0 saturated heterocycles. The van der Waals surface area contributed by atoms with Gasteiger partial charge in [0.15, 0.2) is 0 Å². The first kappa shape index (κ1) is 14.5. The lowest BCUT2D eigenvalue weighted by Crippen LogP contribution is -2.20. The second-order valence-electron chi connectivity index (χ2n) is 5.30. The van der Waals surface area contributed by atoms with Crippen molar-refractivity contribution in [3.05, 3.63) is 40.8 Å². The molecular formula is C15H23N5. The molecule has 2 aromatic heterocycles. The van der Waals surface area contributed by atoms with Gasteiger partial charge in [0.2, 0.25) is 0 Å². The summed E-state index contributed by atoms with van der Waals surface area (Å²) in [7, 11) is 2.11. The van der Waals surface area contributed by atoms with Crippen LogP contribution in [0.25, 0.3) is 0 Å². The van der Waals surface area contributed by atoms with E-state index < -0.39 is 0 Å². The van der Waals surface area contributed by atoms with E-state index in [2.05, 4.69) is 41.0 Å². The highest BCUT2D eigenvalue weighted by molar-refractivity contribution is 5.38. The summed E-state index contributed by atoms with van der Waals surface area (Å²) >= 11 is 0. The lowest BCUT2D eigenvalue weighted by molar-refractivity contribution is 0.322. The van der Waals surface area contributed by atoms with Gasteiger partial charge in [0.1, 0.15) is 5.82 Å². The molecule has 0 aliphatic rings. The predicted octanol–water partition coefficient (Wildman–Crippen LogP) is 2.07. The normalized spacial score (nSPS) is 11.2. The van der Waals surface area contributed by atoms with Gasteiger partial charge in [0, 0.05) is 24.0 Å². The molecule has 3 N–H and O–H groups in total. The Labute approximate surface area is 120 Å². The van der Waals surface area contributed by atoms with Crippen LogP contribution in [0.4, 0.5) is 5.82 Å². The Bertz CT molecular complexity index is 542. The molecule has 0 amide bonds. The first-order valence-corrected chi connectivity index (χ1v) is 6.96. The van der Waals surface area contributed by atoms with Crippen LogP contribution in [0.2, 0.25) is 0 Å². The number of pyridine rings is 1. The fourth-order valence-corrected chi connectivity index (χ4v) is 2.42. The maximum atomic E-state index is 5.86. The number of hydrogen-bond acceptors (Lipinski definition) is 4. The molecule has 0 aliphatic carbocycles. The number of nitrogen functional groups attached to an aromatic ring is 1. The molecule has 0 atom stereocenters. The molecule has 0 aliphatic heterocycles. The molecule has 0 saturated carbocycles. The fourth-order valence-electron chi connectivity index (χ4n) is 2.42. The van der Waals surface area contributed by atoms with E-state index in [0.717, 1.165) is 37.2 Å². The summed E-state index contributed by atoms with van der Waals surface area (Å²) in [5, 5.41) is 7.26. The maximum absolute atomic E-state index is 5.86. The largest absolute Gasteiger partial charge is 0.383 e. The Hall–Kier alpha value is -1.88. The average Bonchev–Trinajstić information content (AvgIpc) is 2.73. The van der Waals surface area contributed by atoms with Gasteiger partial charge >= 0.3 is 0 Å². The first-order chi connectivity index (χ1) is 9.58. The smallest absolute Gasteiger partial charge is 0.127 e. The molecule has 0 spiro atoms. The number of anilines is 1. The number of aryl methyl sites for hydroxylation is 2. The summed E-state index contributed by atoms with van der Waals surface area (Å²) in [5.74, 6) is 0.626. The summed E-state index contributed by atoms with van der Waals surface area (Å²) in [4.78, 5) is 6.39. The molecule has 0 aromatic carbocycles. The van der Waals surface area contributed by atoms with Crippen molar-refractivity contribution in [3.63, 3.8) is 0 Å². The second-order valence-corrected chi connectivity index (χ2v) is 5.30. The molecule has 0 unspecified atom stereocenters. The fraction of sp³-hybridized carbons (Fsp3) is 0.467. The lowest BCUT2D eigenvalue weighted by atomic mass is 10.1. The highest BCUT2D eigenvalue weighted by Gasteiger charge is 2.08. The monoisotopic (exact) mass is 273 g/mol. The summed E-state index contributed by atoms with van der Waals surface area (Å²) in [6.45, 7) is 6.00. The number of H-pyrrole nitrogens is 1. The van der Waals surface area contributed by atoms with Gasteiger partial charge in [-0.3, -0.25) is 5.10 Å². The van der Waals surface area contributed by atoms with E-state index in [0.29, 0.717) is 5.82 Å². The van der Waals surface area contributed by atoms with Crippen molar-refractivity contribution >= 4 is 5.82 Å². The molecule has 5 nitrogen and oxygen atoms in total. The van der Waals surface area contributed by atoms with Gasteiger partial charge in [-0.05, 0) is 51.9 Å². The minimum absolute atomic E-state index is 0.626. The third kappa shape index (κ3) is 3.57. The zero-order chi connectivity index (χ0) is 14.5. The summed E-state index contributed by atoms with van der Waals surface area (Å²) in [6.07, 6.45) is 3.89. The summed E-state index contributed by atoms with van der Waals surface area (Å²) in [5.41, 5.74) is 10.6. The van der Waals surface area contributed by atoms with Crippen LogP contribution in [-0.4, -0.2) is 33.7 Å². The highest BCUT2D eigenvalue weighted by Crippen LogP contribution is 2.13.